The molecule has 0 aliphatic rings. The Morgan fingerprint density at radius 2 is 0.364 bits per heavy atom. The first-order chi connectivity index (χ1) is 57.6. The predicted octanol–water partition coefficient (Wildman–Crippen LogP) is 8.02. The second-order valence-electron chi connectivity index (χ2n) is 26.9. The van der Waals surface area contributed by atoms with Crippen molar-refractivity contribution < 1.29 is 124 Å². The molecule has 23 N–H and O–H groups in total. The summed E-state index contributed by atoms with van der Waals surface area (Å²) in [5.41, 5.74) is 50.4. The molecule has 0 heterocycles. The SMILES string of the molecule is CCO[Si](CCCCl)(OCC)O[Si](CCCCl)(OCC)OCC.CCO[Si](CCCN)(OCC)O[Si](CCCCl)(OCC)OCC.CCO[Si](CCCN)(OCC)O[Si](CCCN)(OCC)OCC.CCO[Si](O)(CCCN)O[Si](CCCN)(OCC)O[Si](CCCN)(OCC)OCC.C[Si](O)(CCCN)O[Si](O)(CCCN)O[Si](O)(O)CCCN. The van der Waals surface area contributed by atoms with Crippen LogP contribution in [-0.2, 0) is 99.6 Å². The van der Waals surface area contributed by atoms with E-state index in [2.05, 4.69) is 0 Å². The van der Waals surface area contributed by atoms with Gasteiger partial charge in [-0.05, 0) is 259 Å². The number of hydrogen-bond acceptors (Lipinski definition) is 37. The van der Waals surface area contributed by atoms with Crippen LogP contribution in [0.4, 0.5) is 0 Å². The van der Waals surface area contributed by atoms with Crippen LogP contribution < -0.4 is 51.6 Å². The molecule has 0 aliphatic carbocycles. The van der Waals surface area contributed by atoms with Gasteiger partial charge in [0.2, 0.25) is 0 Å². The van der Waals surface area contributed by atoms with Gasteiger partial charge in [-0.25, -0.2) is 0 Å². The minimum atomic E-state index is -4.09. The lowest BCUT2D eigenvalue weighted by Crippen LogP contribution is -2.64. The maximum absolute atomic E-state index is 11.2. The van der Waals surface area contributed by atoms with Crippen molar-refractivity contribution in [2.24, 2.45) is 51.6 Å². The van der Waals surface area contributed by atoms with Gasteiger partial charge < -0.3 is 175 Å². The van der Waals surface area contributed by atoms with Crippen LogP contribution in [0.1, 0.15) is 188 Å². The molecule has 4 atom stereocenters. The zero-order valence-electron chi connectivity index (χ0n) is 77.7. The van der Waals surface area contributed by atoms with E-state index >= 15 is 0 Å². The van der Waals surface area contributed by atoms with Gasteiger partial charge in [0.15, 0.2) is 0 Å². The smallest absolute Gasteiger partial charge is 0.411 e. The summed E-state index contributed by atoms with van der Waals surface area (Å²) in [6, 6.07) is 5.65. The van der Waals surface area contributed by atoms with Gasteiger partial charge >= 0.3 is 105 Å². The van der Waals surface area contributed by atoms with E-state index in [-0.39, 0.29) is 18.6 Å². The quantitative estimate of drug-likeness (QED) is 0.0202. The maximum atomic E-state index is 11.2. The molecule has 0 spiro atoms. The third kappa shape index (κ3) is 62.2. The monoisotopic (exact) mass is 2020 g/mol. The molecule has 0 aromatic heterocycles. The van der Waals surface area contributed by atoms with E-state index in [0.717, 1.165) is 38.5 Å². The van der Waals surface area contributed by atoms with Crippen LogP contribution in [0.15, 0.2) is 0 Å². The van der Waals surface area contributed by atoms with Crippen molar-refractivity contribution in [3.63, 3.8) is 0 Å². The zero-order valence-corrected chi connectivity index (χ0v) is 92.0. The highest BCUT2D eigenvalue weighted by atomic mass is 35.5. The van der Waals surface area contributed by atoms with E-state index in [1.54, 1.807) is 0 Å². The summed E-state index contributed by atoms with van der Waals surface area (Å²) in [5.74, 6) is 1.62. The fourth-order valence-corrected chi connectivity index (χ4v) is 55.9. The van der Waals surface area contributed by atoms with Gasteiger partial charge in [-0.3, -0.25) is 0 Å². The molecular formula is C69H178Cl3N9O28Si12. The van der Waals surface area contributed by atoms with Crippen LogP contribution in [0.25, 0.3) is 0 Å². The van der Waals surface area contributed by atoms with Crippen LogP contribution in [0.5, 0.6) is 0 Å². The van der Waals surface area contributed by atoms with Gasteiger partial charge in [-0.1, -0.05) is 0 Å². The van der Waals surface area contributed by atoms with Crippen molar-refractivity contribution in [2.75, 3.05) is 182 Å². The molecule has 0 aromatic carbocycles. The number of halogens is 3. The lowest BCUT2D eigenvalue weighted by Gasteiger charge is -2.41. The lowest BCUT2D eigenvalue weighted by molar-refractivity contribution is 0.0476. The highest BCUT2D eigenvalue weighted by Crippen LogP contribution is 2.35. The van der Waals surface area contributed by atoms with Crippen LogP contribution in [-0.4, -0.2) is 312 Å². The number of nitrogens with two attached hydrogens (primary N) is 9. The zero-order chi connectivity index (χ0) is 93.0. The maximum Gasteiger partial charge on any atom is 0.493 e. The normalized spacial score (nSPS) is 14.6. The molecule has 0 saturated heterocycles. The minimum Gasteiger partial charge on any atom is -0.411 e. The van der Waals surface area contributed by atoms with Crippen molar-refractivity contribution in [1.82, 2.24) is 0 Å². The van der Waals surface area contributed by atoms with Gasteiger partial charge in [0.1, 0.15) is 0 Å². The largest absolute Gasteiger partial charge is 0.493 e. The Bertz CT molecular complexity index is 2030. The molecule has 121 heavy (non-hydrogen) atoms. The average molecular weight is 2030 g/mol. The van der Waals surface area contributed by atoms with E-state index < -0.39 is 105 Å². The van der Waals surface area contributed by atoms with Gasteiger partial charge in [0, 0.05) is 190 Å². The molecule has 52 heteroatoms. The van der Waals surface area contributed by atoms with Crippen molar-refractivity contribution in [2.45, 2.75) is 267 Å². The van der Waals surface area contributed by atoms with Crippen LogP contribution in [0.2, 0.25) is 79.1 Å². The molecule has 0 aromatic rings. The Morgan fingerprint density at radius 1 is 0.190 bits per heavy atom. The van der Waals surface area contributed by atoms with E-state index in [9.17, 15) is 24.0 Å². The molecule has 4 unspecified atom stereocenters. The topological polar surface area (TPSA) is 548 Å². The highest BCUT2D eigenvalue weighted by molar-refractivity contribution is 6.82. The van der Waals surface area contributed by atoms with Gasteiger partial charge in [-0.2, -0.15) is 0 Å². The van der Waals surface area contributed by atoms with Crippen molar-refractivity contribution in [1.29, 1.82) is 0 Å². The molecule has 37 nitrogen and oxygen atoms in total. The molecule has 0 fully saturated rings. The lowest BCUT2D eigenvalue weighted by atomic mass is 10.5. The summed E-state index contributed by atoms with van der Waals surface area (Å²) in [7, 11) is -38.8. The third-order valence-electron chi connectivity index (χ3n) is 16.3. The Kier molecular flexibility index (Phi) is 87.4. The first-order valence-electron chi connectivity index (χ1n) is 44.4. The summed E-state index contributed by atoms with van der Waals surface area (Å²) < 4.78 is 139. The standard InChI is InChI=1S/C17H45N3O7Si3.C14H32Cl2O5Si2.C14H34ClNO5Si2.C14H36N2O5Si2.C10H31N3O6Si3/c1-5-22-28(21,15-9-12-18)26-30(25-8-4,17-11-14-20)27-29(23-6-2,24-7-3)16-10-13-19;3*1-5-17-22(18-6-2,13-9-11-15)21-23(19-7-3,20-8-4)14-10-12-16;1-20(14,8-2-5-11)18-22(17,10-4-7-13)19-21(15,16)9-3-6-12/h21H,5-20H2,1-4H3;5-14H2,1-4H3;5-14,16H2,1-4H3;5-16H2,1-4H3;14-17H,2-13H2,1H3. The summed E-state index contributed by atoms with van der Waals surface area (Å²) >= 11 is 17.6. The fourth-order valence-electron chi connectivity index (χ4n) is 11.9. The number of rotatable bonds is 82. The minimum absolute atomic E-state index is 0.0305. The highest BCUT2D eigenvalue weighted by Gasteiger charge is 2.60. The van der Waals surface area contributed by atoms with Crippen LogP contribution >= 0.6 is 34.8 Å². The third-order valence-corrected chi connectivity index (χ3v) is 58.9. The summed E-state index contributed by atoms with van der Waals surface area (Å²) in [6.45, 7) is 44.1. The van der Waals surface area contributed by atoms with E-state index in [1.807, 2.05) is 111 Å². The molecule has 0 radical (unpaired) electrons. The predicted molar refractivity (Wildman–Crippen MR) is 506 cm³/mol. The van der Waals surface area contributed by atoms with Crippen molar-refractivity contribution in [3.05, 3.63) is 0 Å². The number of alkyl halides is 3. The molecular weight excluding hydrogens is 1850 g/mol. The molecule has 0 aliphatic heterocycles. The van der Waals surface area contributed by atoms with E-state index in [0.29, 0.717) is 275 Å². The van der Waals surface area contributed by atoms with E-state index in [1.165, 1.54) is 6.55 Å². The summed E-state index contributed by atoms with van der Waals surface area (Å²) in [6.07, 6.45) is 7.83. The summed E-state index contributed by atoms with van der Waals surface area (Å²) in [5, 5.41) is 0. The molecule has 0 bridgehead atoms. The fraction of sp³-hybridized carbons (Fsp3) is 1.00. The second kappa shape index (κ2) is 80.4. The first-order valence-corrected chi connectivity index (χ1v) is 70.0. The van der Waals surface area contributed by atoms with Crippen molar-refractivity contribution >= 4 is 140 Å². The van der Waals surface area contributed by atoms with Crippen LogP contribution in [0.3, 0.4) is 0 Å². The Morgan fingerprint density at radius 3 is 0.579 bits per heavy atom. The summed E-state index contributed by atoms with van der Waals surface area (Å²) in [4.78, 5) is 52.0. The number of hydrogen-bond donors (Lipinski definition) is 14. The first kappa shape index (κ1) is 131. The molecule has 0 amide bonds. The molecule has 736 valence electrons. The molecule has 0 saturated carbocycles. The van der Waals surface area contributed by atoms with E-state index in [4.69, 9.17) is 186 Å². The average Bonchev–Trinajstić information content (AvgIpc) is 0.786. The Hall–Kier alpha value is 1.99. The molecule has 0 rings (SSSR count). The van der Waals surface area contributed by atoms with Crippen LogP contribution in [0, 0.1) is 0 Å². The van der Waals surface area contributed by atoms with Gasteiger partial charge in [0.25, 0.3) is 0 Å². The van der Waals surface area contributed by atoms with Gasteiger partial charge in [-0.15, -0.1) is 34.8 Å². The van der Waals surface area contributed by atoms with Gasteiger partial charge in [0.05, 0.1) is 0 Å². The second-order valence-corrected chi connectivity index (χ2v) is 61.9. The Labute approximate surface area is 759 Å². The Balaban J connectivity index is -0.000000466. The van der Waals surface area contributed by atoms with Crippen molar-refractivity contribution in [3.8, 4) is 0 Å².